The maximum atomic E-state index is 8.84. The largest absolute Gasteiger partial charge is 0.396 e. The van der Waals surface area contributed by atoms with Gasteiger partial charge in [-0.15, -0.1) is 0 Å². The van der Waals surface area contributed by atoms with Crippen molar-refractivity contribution in [1.29, 1.82) is 0 Å². The monoisotopic (exact) mass is 314 g/mol. The highest BCUT2D eigenvalue weighted by Gasteiger charge is 2.17. The van der Waals surface area contributed by atoms with Crippen molar-refractivity contribution in [2.45, 2.75) is 31.6 Å². The van der Waals surface area contributed by atoms with Crippen LogP contribution in [0.25, 0.3) is 0 Å². The molecule has 1 fully saturated rings. The van der Waals surface area contributed by atoms with E-state index >= 15 is 0 Å². The number of aliphatic hydroxyl groups excluding tert-OH is 1. The first kappa shape index (κ1) is 13.4. The van der Waals surface area contributed by atoms with Crippen LogP contribution < -0.4 is 0 Å². The second kappa shape index (κ2) is 6.81. The number of halogens is 1. The Kier molecular flexibility index (Phi) is 5.39. The normalized spacial score (nSPS) is 17.3. The summed E-state index contributed by atoms with van der Waals surface area (Å²) in [6.07, 6.45) is 4.43. The lowest BCUT2D eigenvalue weighted by molar-refractivity contribution is 0.288. The van der Waals surface area contributed by atoms with Crippen LogP contribution in [0, 0.1) is 0 Å². The van der Waals surface area contributed by atoms with Crippen molar-refractivity contribution >= 4 is 27.7 Å². The number of aliphatic hydroxyl groups is 1. The molecule has 17 heavy (non-hydrogen) atoms. The molecule has 0 atom stereocenters. The molecule has 0 radical (unpaired) electrons. The van der Waals surface area contributed by atoms with E-state index in [-0.39, 0.29) is 6.61 Å². The van der Waals surface area contributed by atoms with Crippen LogP contribution in [0.4, 0.5) is 0 Å². The zero-order valence-corrected chi connectivity index (χ0v) is 12.4. The maximum absolute atomic E-state index is 8.84. The number of hydrogen-bond acceptors (Lipinski definition) is 2. The van der Waals surface area contributed by atoms with Gasteiger partial charge in [-0.05, 0) is 60.3 Å². The predicted molar refractivity (Wildman–Crippen MR) is 78.8 cm³/mol. The minimum Gasteiger partial charge on any atom is -0.396 e. The Hall–Kier alpha value is 0.01000. The van der Waals surface area contributed by atoms with E-state index in [2.05, 4.69) is 45.9 Å². The molecule has 3 heteroatoms. The molecule has 1 N–H and O–H groups in total. The van der Waals surface area contributed by atoms with Gasteiger partial charge in [0, 0.05) is 11.1 Å². The lowest BCUT2D eigenvalue weighted by Crippen LogP contribution is -2.08. The smallest absolute Gasteiger partial charge is 0.0434 e. The van der Waals surface area contributed by atoms with Crippen molar-refractivity contribution in [1.82, 2.24) is 0 Å². The second-order valence-electron chi connectivity index (χ2n) is 4.57. The molecule has 0 aromatic heterocycles. The first-order valence-electron chi connectivity index (χ1n) is 6.28. The molecule has 1 aliphatic heterocycles. The van der Waals surface area contributed by atoms with Crippen LogP contribution in [0.2, 0.25) is 0 Å². The molecule has 2 rings (SSSR count). The highest BCUT2D eigenvalue weighted by Crippen LogP contribution is 2.35. The van der Waals surface area contributed by atoms with E-state index in [9.17, 15) is 0 Å². The summed E-state index contributed by atoms with van der Waals surface area (Å²) in [5.41, 5.74) is 2.79. The lowest BCUT2D eigenvalue weighted by atomic mass is 9.92. The molecule has 1 aliphatic rings. The quantitative estimate of drug-likeness (QED) is 0.907. The summed E-state index contributed by atoms with van der Waals surface area (Å²) in [7, 11) is 0. The Bertz CT molecular complexity index is 361. The molecule has 0 unspecified atom stereocenters. The molecule has 1 aromatic carbocycles. The third-order valence-corrected chi connectivity index (χ3v) is 5.09. The fourth-order valence-electron chi connectivity index (χ4n) is 2.35. The van der Waals surface area contributed by atoms with Gasteiger partial charge in [0.25, 0.3) is 0 Å². The Labute approximate surface area is 116 Å². The summed E-state index contributed by atoms with van der Waals surface area (Å²) in [5.74, 6) is 3.32. The Morgan fingerprint density at radius 2 is 2.06 bits per heavy atom. The lowest BCUT2D eigenvalue weighted by Gasteiger charge is -2.23. The second-order valence-corrected chi connectivity index (χ2v) is 6.65. The molecule has 0 spiro atoms. The van der Waals surface area contributed by atoms with E-state index in [1.54, 1.807) is 0 Å². The van der Waals surface area contributed by atoms with Crippen molar-refractivity contribution in [2.75, 3.05) is 18.1 Å². The van der Waals surface area contributed by atoms with Crippen molar-refractivity contribution in [2.24, 2.45) is 0 Å². The van der Waals surface area contributed by atoms with E-state index < -0.39 is 0 Å². The highest BCUT2D eigenvalue weighted by atomic mass is 79.9. The fraction of sp³-hybridized carbons (Fsp3) is 0.571. The van der Waals surface area contributed by atoms with E-state index in [4.69, 9.17) is 5.11 Å². The molecule has 0 saturated carbocycles. The first-order valence-corrected chi connectivity index (χ1v) is 8.23. The third-order valence-electron chi connectivity index (χ3n) is 3.35. The molecule has 1 saturated heterocycles. The topological polar surface area (TPSA) is 20.2 Å². The Balaban J connectivity index is 2.07. The van der Waals surface area contributed by atoms with Gasteiger partial charge in [0.15, 0.2) is 0 Å². The minimum absolute atomic E-state index is 0.277. The molecular weight excluding hydrogens is 296 g/mol. The molecule has 1 nitrogen and oxygen atoms in total. The van der Waals surface area contributed by atoms with E-state index in [1.165, 1.54) is 39.9 Å². The standard InChI is InChI=1S/C14H19BrOS/c15-14-10-11(2-1-7-16)3-4-13(14)12-5-8-17-9-6-12/h3-4,10,12,16H,1-2,5-9H2. The van der Waals surface area contributed by atoms with Gasteiger partial charge in [-0.2, -0.15) is 11.8 Å². The summed E-state index contributed by atoms with van der Waals surface area (Å²) in [5, 5.41) is 8.84. The average Bonchev–Trinajstić information content (AvgIpc) is 2.37. The first-order chi connectivity index (χ1) is 8.31. The summed E-state index contributed by atoms with van der Waals surface area (Å²) in [6.45, 7) is 0.277. The molecular formula is C14H19BrOS. The fourth-order valence-corrected chi connectivity index (χ4v) is 4.21. The van der Waals surface area contributed by atoms with Crippen LogP contribution in [0.15, 0.2) is 22.7 Å². The molecule has 0 bridgehead atoms. The average molecular weight is 315 g/mol. The van der Waals surface area contributed by atoms with Gasteiger partial charge < -0.3 is 5.11 Å². The number of benzene rings is 1. The van der Waals surface area contributed by atoms with Gasteiger partial charge in [-0.1, -0.05) is 28.1 Å². The van der Waals surface area contributed by atoms with Gasteiger partial charge in [0.2, 0.25) is 0 Å². The highest BCUT2D eigenvalue weighted by molar-refractivity contribution is 9.10. The van der Waals surface area contributed by atoms with Crippen LogP contribution in [0.3, 0.4) is 0 Å². The van der Waals surface area contributed by atoms with E-state index in [1.807, 2.05) is 0 Å². The van der Waals surface area contributed by atoms with Crippen LogP contribution >= 0.6 is 27.7 Å². The van der Waals surface area contributed by atoms with Gasteiger partial charge in [-0.25, -0.2) is 0 Å². The predicted octanol–water partition coefficient (Wildman–Crippen LogP) is 3.98. The van der Waals surface area contributed by atoms with Gasteiger partial charge in [-0.3, -0.25) is 0 Å². The van der Waals surface area contributed by atoms with Crippen LogP contribution in [0.1, 0.15) is 36.3 Å². The Morgan fingerprint density at radius 3 is 2.71 bits per heavy atom. The third kappa shape index (κ3) is 3.73. The summed E-state index contributed by atoms with van der Waals surface area (Å²) >= 11 is 5.78. The number of aryl methyl sites for hydroxylation is 1. The summed E-state index contributed by atoms with van der Waals surface area (Å²) in [6, 6.07) is 6.72. The molecule has 94 valence electrons. The van der Waals surface area contributed by atoms with E-state index in [0.717, 1.165) is 18.8 Å². The van der Waals surface area contributed by atoms with Crippen molar-refractivity contribution in [3.8, 4) is 0 Å². The zero-order valence-electron chi connectivity index (χ0n) is 9.99. The van der Waals surface area contributed by atoms with Crippen LogP contribution in [0.5, 0.6) is 0 Å². The van der Waals surface area contributed by atoms with Crippen molar-refractivity contribution in [3.05, 3.63) is 33.8 Å². The Morgan fingerprint density at radius 1 is 1.29 bits per heavy atom. The number of rotatable bonds is 4. The molecule has 0 aliphatic carbocycles. The van der Waals surface area contributed by atoms with Crippen LogP contribution in [-0.4, -0.2) is 23.2 Å². The summed E-state index contributed by atoms with van der Waals surface area (Å²) < 4.78 is 1.25. The minimum atomic E-state index is 0.277. The van der Waals surface area contributed by atoms with Gasteiger partial charge >= 0.3 is 0 Å². The van der Waals surface area contributed by atoms with Crippen LogP contribution in [-0.2, 0) is 6.42 Å². The van der Waals surface area contributed by atoms with Crippen molar-refractivity contribution < 1.29 is 5.11 Å². The van der Waals surface area contributed by atoms with Gasteiger partial charge in [0.05, 0.1) is 0 Å². The zero-order chi connectivity index (χ0) is 12.1. The number of thioether (sulfide) groups is 1. The van der Waals surface area contributed by atoms with E-state index in [0.29, 0.717) is 0 Å². The molecule has 1 aromatic rings. The molecule has 0 amide bonds. The van der Waals surface area contributed by atoms with Crippen molar-refractivity contribution in [3.63, 3.8) is 0 Å². The SMILES string of the molecule is OCCCc1ccc(C2CCSCC2)c(Br)c1. The summed E-state index contributed by atoms with van der Waals surface area (Å²) in [4.78, 5) is 0. The molecule has 1 heterocycles. The van der Waals surface area contributed by atoms with Gasteiger partial charge in [0.1, 0.15) is 0 Å². The number of hydrogen-bond donors (Lipinski definition) is 1. The maximum Gasteiger partial charge on any atom is 0.0434 e.